The third kappa shape index (κ3) is 3.41. The van der Waals surface area contributed by atoms with Gasteiger partial charge in [-0.3, -0.25) is 9.59 Å². The quantitative estimate of drug-likeness (QED) is 0.403. The Morgan fingerprint density at radius 1 is 1.12 bits per heavy atom. The first-order chi connectivity index (χ1) is 16.5. The van der Waals surface area contributed by atoms with Crippen molar-refractivity contribution in [3.8, 4) is 22.7 Å². The van der Waals surface area contributed by atoms with Crippen molar-refractivity contribution in [3.05, 3.63) is 96.8 Å². The van der Waals surface area contributed by atoms with Crippen molar-refractivity contribution in [2.24, 2.45) is 0 Å². The molecule has 1 atom stereocenters. The highest BCUT2D eigenvalue weighted by Gasteiger charge is 2.21. The third-order valence-electron chi connectivity index (χ3n) is 5.76. The van der Waals surface area contributed by atoms with Gasteiger partial charge in [-0.05, 0) is 55.8 Å². The van der Waals surface area contributed by atoms with Gasteiger partial charge in [0.1, 0.15) is 23.2 Å². The van der Waals surface area contributed by atoms with Crippen LogP contribution in [0, 0.1) is 6.92 Å². The number of para-hydroxylation sites is 1. The van der Waals surface area contributed by atoms with Gasteiger partial charge in [0.15, 0.2) is 0 Å². The van der Waals surface area contributed by atoms with E-state index in [9.17, 15) is 9.59 Å². The summed E-state index contributed by atoms with van der Waals surface area (Å²) in [4.78, 5) is 29.2. The van der Waals surface area contributed by atoms with E-state index in [1.807, 2.05) is 48.7 Å². The smallest absolute Gasteiger partial charge is 0.295 e. The number of hydrogen-bond donors (Lipinski definition) is 0. The van der Waals surface area contributed by atoms with Crippen molar-refractivity contribution in [1.82, 2.24) is 24.4 Å². The number of benzene rings is 2. The minimum atomic E-state index is -0.431. The van der Waals surface area contributed by atoms with Gasteiger partial charge in [-0.1, -0.05) is 29.5 Å². The number of hydrogen-bond acceptors (Lipinski definition) is 7. The van der Waals surface area contributed by atoms with Crippen LogP contribution in [0.4, 0.5) is 0 Å². The number of nitrogens with zero attached hydrogens (tertiary/aromatic N) is 5. The van der Waals surface area contributed by atoms with Crippen LogP contribution < -0.4 is 20.4 Å². The Hall–Kier alpha value is -4.11. The number of aromatic nitrogens is 5. The fourth-order valence-electron chi connectivity index (χ4n) is 4.13. The largest absolute Gasteiger partial charge is 0.490 e. The van der Waals surface area contributed by atoms with Crippen molar-refractivity contribution >= 4 is 22.4 Å². The second kappa shape index (κ2) is 7.74. The van der Waals surface area contributed by atoms with Gasteiger partial charge in [0.25, 0.3) is 11.1 Å². The van der Waals surface area contributed by atoms with E-state index < -0.39 is 5.56 Å². The van der Waals surface area contributed by atoms with E-state index in [0.717, 1.165) is 51.6 Å². The molecule has 6 rings (SSSR count). The molecule has 0 N–H and O–H groups in total. The van der Waals surface area contributed by atoms with Gasteiger partial charge in [-0.2, -0.15) is 19.7 Å². The SMILES string of the molecule is Cc1nn2c(=O)/c(=C/c3cn(-c4ccccc4)nc3-c3ccc4c(c3)C[C@H](C)O4)sc2nc1=O. The van der Waals surface area contributed by atoms with E-state index in [0.29, 0.717) is 4.53 Å². The standard InChI is InChI=1S/C25H19N5O3S/c1-14-10-17-11-16(8-9-20(17)33-14)22-18(13-29(28-22)19-6-4-3-5-7-19)12-21-24(32)30-25(34-21)26-23(31)15(2)27-30/h3-9,11-14H,10H2,1-2H3/b21-12-/t14-/m0/s1. The number of thiazole rings is 1. The number of ether oxygens (including phenoxy) is 1. The molecule has 3 aromatic heterocycles. The predicted molar refractivity (Wildman–Crippen MR) is 130 cm³/mol. The second-order valence-corrected chi connectivity index (χ2v) is 9.29. The van der Waals surface area contributed by atoms with Crippen molar-refractivity contribution in [2.45, 2.75) is 26.4 Å². The Morgan fingerprint density at radius 2 is 1.94 bits per heavy atom. The predicted octanol–water partition coefficient (Wildman–Crippen LogP) is 2.54. The molecule has 0 amide bonds. The molecule has 34 heavy (non-hydrogen) atoms. The van der Waals surface area contributed by atoms with Crippen LogP contribution in [0.2, 0.25) is 0 Å². The summed E-state index contributed by atoms with van der Waals surface area (Å²) in [7, 11) is 0. The van der Waals surface area contributed by atoms with Gasteiger partial charge >= 0.3 is 0 Å². The lowest BCUT2D eigenvalue weighted by molar-refractivity contribution is 0.254. The summed E-state index contributed by atoms with van der Waals surface area (Å²) >= 11 is 1.14. The van der Waals surface area contributed by atoms with Crippen LogP contribution in [0.5, 0.6) is 5.75 Å². The maximum atomic E-state index is 13.0. The average Bonchev–Trinajstić information content (AvgIpc) is 3.50. The Balaban J connectivity index is 1.56. The zero-order valence-corrected chi connectivity index (χ0v) is 19.2. The molecule has 0 bridgehead atoms. The minimum absolute atomic E-state index is 0.145. The van der Waals surface area contributed by atoms with Crippen molar-refractivity contribution in [1.29, 1.82) is 0 Å². The number of rotatable bonds is 3. The fraction of sp³-hybridized carbons (Fsp3) is 0.160. The highest BCUT2D eigenvalue weighted by Crippen LogP contribution is 2.34. The molecule has 4 heterocycles. The lowest BCUT2D eigenvalue weighted by atomic mass is 10.0. The van der Waals surface area contributed by atoms with Gasteiger partial charge in [-0.15, -0.1) is 0 Å². The van der Waals surface area contributed by atoms with Gasteiger partial charge in [0.2, 0.25) is 4.96 Å². The summed E-state index contributed by atoms with van der Waals surface area (Å²) in [5, 5.41) is 8.96. The number of aryl methyl sites for hydroxylation is 1. The molecule has 1 aliphatic heterocycles. The van der Waals surface area contributed by atoms with E-state index in [1.54, 1.807) is 17.7 Å². The molecule has 0 spiro atoms. The van der Waals surface area contributed by atoms with Crippen LogP contribution >= 0.6 is 11.3 Å². The lowest BCUT2D eigenvalue weighted by Crippen LogP contribution is -2.27. The first kappa shape index (κ1) is 20.5. The van der Waals surface area contributed by atoms with Gasteiger partial charge in [0, 0.05) is 23.7 Å². The molecule has 2 aromatic carbocycles. The van der Waals surface area contributed by atoms with Crippen LogP contribution in [0.15, 0.2) is 64.3 Å². The molecule has 9 heteroatoms. The lowest BCUT2D eigenvalue weighted by Gasteiger charge is -2.04. The zero-order chi connectivity index (χ0) is 23.4. The molecule has 0 unspecified atom stereocenters. The van der Waals surface area contributed by atoms with Crippen molar-refractivity contribution < 1.29 is 4.74 Å². The zero-order valence-electron chi connectivity index (χ0n) is 18.4. The molecule has 0 saturated heterocycles. The third-order valence-corrected chi connectivity index (χ3v) is 6.72. The van der Waals surface area contributed by atoms with E-state index >= 15 is 0 Å². The second-order valence-electron chi connectivity index (χ2n) is 8.28. The minimum Gasteiger partial charge on any atom is -0.490 e. The van der Waals surface area contributed by atoms with E-state index in [2.05, 4.69) is 23.1 Å². The molecule has 0 saturated carbocycles. The molecular formula is C25H19N5O3S. The maximum absolute atomic E-state index is 13.0. The first-order valence-electron chi connectivity index (χ1n) is 10.8. The highest BCUT2D eigenvalue weighted by atomic mass is 32.1. The van der Waals surface area contributed by atoms with Crippen LogP contribution in [0.3, 0.4) is 0 Å². The normalized spacial score (nSPS) is 15.6. The highest BCUT2D eigenvalue weighted by molar-refractivity contribution is 7.15. The molecule has 1 aliphatic rings. The van der Waals surface area contributed by atoms with Gasteiger partial charge in [-0.25, -0.2) is 4.68 Å². The molecule has 168 valence electrons. The maximum Gasteiger partial charge on any atom is 0.295 e. The van der Waals surface area contributed by atoms with Crippen LogP contribution in [0.25, 0.3) is 28.0 Å². The van der Waals surface area contributed by atoms with E-state index in [-0.39, 0.29) is 22.3 Å². The molecule has 0 fully saturated rings. The summed E-state index contributed by atoms with van der Waals surface area (Å²) < 4.78 is 9.26. The molecule has 0 radical (unpaired) electrons. The Bertz CT molecular complexity index is 1740. The van der Waals surface area contributed by atoms with E-state index in [1.165, 1.54) is 4.52 Å². The summed E-state index contributed by atoms with van der Waals surface area (Å²) in [6.45, 7) is 3.59. The van der Waals surface area contributed by atoms with Crippen molar-refractivity contribution in [2.75, 3.05) is 0 Å². The van der Waals surface area contributed by atoms with Gasteiger partial charge < -0.3 is 4.74 Å². The molecule has 0 aliphatic carbocycles. The topological polar surface area (TPSA) is 91.4 Å². The summed E-state index contributed by atoms with van der Waals surface area (Å²) in [5.74, 6) is 0.896. The van der Waals surface area contributed by atoms with Crippen molar-refractivity contribution in [3.63, 3.8) is 0 Å². The Kier molecular flexibility index (Phi) is 4.66. The molecule has 5 aromatic rings. The Morgan fingerprint density at radius 3 is 2.76 bits per heavy atom. The Labute approximate surface area is 197 Å². The van der Waals surface area contributed by atoms with Crippen LogP contribution in [-0.2, 0) is 6.42 Å². The fourth-order valence-corrected chi connectivity index (χ4v) is 5.02. The number of fused-ring (bicyclic) bond motifs is 2. The van der Waals surface area contributed by atoms with Crippen LogP contribution in [-0.4, -0.2) is 30.5 Å². The summed E-state index contributed by atoms with van der Waals surface area (Å²) in [6.07, 6.45) is 4.67. The van der Waals surface area contributed by atoms with Crippen LogP contribution in [0.1, 0.15) is 23.7 Å². The van der Waals surface area contributed by atoms with E-state index in [4.69, 9.17) is 9.84 Å². The van der Waals surface area contributed by atoms with Gasteiger partial charge in [0.05, 0.1) is 10.2 Å². The summed E-state index contributed by atoms with van der Waals surface area (Å²) in [5.41, 5.74) is 3.95. The average molecular weight is 470 g/mol. The molecular weight excluding hydrogens is 450 g/mol. The monoisotopic (exact) mass is 469 g/mol. The summed E-state index contributed by atoms with van der Waals surface area (Å²) in [6, 6.07) is 15.9. The first-order valence-corrected chi connectivity index (χ1v) is 11.7. The molecule has 8 nitrogen and oxygen atoms in total.